The van der Waals surface area contributed by atoms with Gasteiger partial charge in [0.25, 0.3) is 0 Å². The summed E-state index contributed by atoms with van der Waals surface area (Å²) in [4.78, 5) is 12.2. The fraction of sp³-hybridized carbons (Fsp3) is 0.941. The second-order valence-corrected chi connectivity index (χ2v) is 7.15. The van der Waals surface area contributed by atoms with Crippen LogP contribution in [0.2, 0.25) is 0 Å². The number of rotatable bonds is 7. The maximum absolute atomic E-state index is 12.2. The SMILES string of the molecule is CCOC(=O)C(NCCOC)C1CCC(C(C)(C)C)CC1. The first-order valence-corrected chi connectivity index (χ1v) is 8.29. The molecule has 21 heavy (non-hydrogen) atoms. The van der Waals surface area contributed by atoms with Crippen molar-refractivity contribution in [3.8, 4) is 0 Å². The number of carbonyl (C=O) groups excluding carboxylic acids is 1. The van der Waals surface area contributed by atoms with Gasteiger partial charge < -0.3 is 14.8 Å². The van der Waals surface area contributed by atoms with Gasteiger partial charge in [0.1, 0.15) is 6.04 Å². The molecule has 1 fully saturated rings. The third-order valence-corrected chi connectivity index (χ3v) is 4.68. The average Bonchev–Trinajstić information content (AvgIpc) is 2.43. The number of hydrogen-bond donors (Lipinski definition) is 1. The second-order valence-electron chi connectivity index (χ2n) is 7.15. The molecular weight excluding hydrogens is 266 g/mol. The Bertz CT molecular complexity index is 304. The van der Waals surface area contributed by atoms with Gasteiger partial charge in [-0.25, -0.2) is 0 Å². The van der Waals surface area contributed by atoms with Gasteiger partial charge in [0.15, 0.2) is 0 Å². The van der Waals surface area contributed by atoms with Crippen LogP contribution in [0.5, 0.6) is 0 Å². The Labute approximate surface area is 130 Å². The van der Waals surface area contributed by atoms with Gasteiger partial charge in [0.2, 0.25) is 0 Å². The molecule has 4 heteroatoms. The lowest BCUT2D eigenvalue weighted by Gasteiger charge is -2.39. The molecule has 1 atom stereocenters. The van der Waals surface area contributed by atoms with Crippen molar-refractivity contribution in [3.05, 3.63) is 0 Å². The fourth-order valence-electron chi connectivity index (χ4n) is 3.31. The van der Waals surface area contributed by atoms with Crippen molar-refractivity contribution in [1.82, 2.24) is 5.32 Å². The molecule has 0 amide bonds. The molecule has 0 heterocycles. The summed E-state index contributed by atoms with van der Waals surface area (Å²) < 4.78 is 10.3. The number of methoxy groups -OCH3 is 1. The van der Waals surface area contributed by atoms with Crippen molar-refractivity contribution in [2.45, 2.75) is 59.4 Å². The van der Waals surface area contributed by atoms with Crippen molar-refractivity contribution in [2.75, 3.05) is 26.9 Å². The van der Waals surface area contributed by atoms with E-state index < -0.39 is 0 Å². The molecule has 1 N–H and O–H groups in total. The zero-order valence-corrected chi connectivity index (χ0v) is 14.4. The van der Waals surface area contributed by atoms with Crippen molar-refractivity contribution in [3.63, 3.8) is 0 Å². The lowest BCUT2D eigenvalue weighted by atomic mass is 9.68. The molecule has 1 unspecified atom stereocenters. The van der Waals surface area contributed by atoms with Crippen LogP contribution in [-0.2, 0) is 14.3 Å². The van der Waals surface area contributed by atoms with E-state index in [4.69, 9.17) is 9.47 Å². The predicted octanol–water partition coefficient (Wildman–Crippen LogP) is 3.01. The van der Waals surface area contributed by atoms with Gasteiger partial charge in [0.05, 0.1) is 13.2 Å². The largest absolute Gasteiger partial charge is 0.465 e. The molecule has 0 radical (unpaired) electrons. The zero-order valence-electron chi connectivity index (χ0n) is 14.4. The summed E-state index contributed by atoms with van der Waals surface area (Å²) in [6, 6.07) is -0.180. The van der Waals surface area contributed by atoms with Gasteiger partial charge in [0, 0.05) is 13.7 Å². The topological polar surface area (TPSA) is 47.6 Å². The summed E-state index contributed by atoms with van der Waals surface area (Å²) in [5, 5.41) is 3.33. The minimum absolute atomic E-state index is 0.104. The van der Waals surface area contributed by atoms with Crippen LogP contribution in [0.4, 0.5) is 0 Å². The summed E-state index contributed by atoms with van der Waals surface area (Å²) in [6.45, 7) is 10.6. The van der Waals surface area contributed by atoms with Crippen molar-refractivity contribution in [1.29, 1.82) is 0 Å². The molecule has 0 spiro atoms. The molecule has 0 bridgehead atoms. The van der Waals surface area contributed by atoms with Crippen LogP contribution in [0, 0.1) is 17.3 Å². The number of hydrogen-bond acceptors (Lipinski definition) is 4. The van der Waals surface area contributed by atoms with Gasteiger partial charge in [-0.2, -0.15) is 0 Å². The zero-order chi connectivity index (χ0) is 15.9. The molecule has 124 valence electrons. The number of ether oxygens (including phenoxy) is 2. The van der Waals surface area contributed by atoms with Crippen LogP contribution in [0.15, 0.2) is 0 Å². The van der Waals surface area contributed by atoms with Crippen LogP contribution >= 0.6 is 0 Å². The van der Waals surface area contributed by atoms with Crippen LogP contribution in [-0.4, -0.2) is 38.9 Å². The first-order chi connectivity index (χ1) is 9.90. The minimum Gasteiger partial charge on any atom is -0.465 e. The van der Waals surface area contributed by atoms with Crippen molar-refractivity contribution in [2.24, 2.45) is 17.3 Å². The lowest BCUT2D eigenvalue weighted by molar-refractivity contribution is -0.147. The summed E-state index contributed by atoms with van der Waals surface area (Å²) in [5.41, 5.74) is 0.369. The van der Waals surface area contributed by atoms with E-state index in [1.165, 1.54) is 12.8 Å². The molecule has 1 saturated carbocycles. The molecule has 0 aromatic heterocycles. The minimum atomic E-state index is -0.180. The van der Waals surface area contributed by atoms with E-state index in [0.29, 0.717) is 31.1 Å². The highest BCUT2D eigenvalue weighted by molar-refractivity contribution is 5.76. The Balaban J connectivity index is 2.57. The highest BCUT2D eigenvalue weighted by Gasteiger charge is 2.35. The standard InChI is InChI=1S/C17H33NO3/c1-6-21-16(19)15(18-11-12-20-5)13-7-9-14(10-8-13)17(2,3)4/h13-15,18H,6-12H2,1-5H3. The van der Waals surface area contributed by atoms with E-state index >= 15 is 0 Å². The van der Waals surface area contributed by atoms with Crippen LogP contribution < -0.4 is 5.32 Å². The van der Waals surface area contributed by atoms with Gasteiger partial charge >= 0.3 is 5.97 Å². The van der Waals surface area contributed by atoms with Crippen LogP contribution in [0.3, 0.4) is 0 Å². The van der Waals surface area contributed by atoms with Crippen molar-refractivity contribution < 1.29 is 14.3 Å². The average molecular weight is 299 g/mol. The summed E-state index contributed by atoms with van der Waals surface area (Å²) in [6.07, 6.45) is 4.61. The molecule has 4 nitrogen and oxygen atoms in total. The van der Waals surface area contributed by atoms with E-state index in [1.807, 2.05) is 6.92 Å². The maximum Gasteiger partial charge on any atom is 0.323 e. The highest BCUT2D eigenvalue weighted by atomic mass is 16.5. The third-order valence-electron chi connectivity index (χ3n) is 4.68. The number of esters is 1. The van der Waals surface area contributed by atoms with E-state index in [0.717, 1.165) is 18.8 Å². The Morgan fingerprint density at radius 1 is 1.24 bits per heavy atom. The molecule has 0 aromatic carbocycles. The number of carbonyl (C=O) groups is 1. The van der Waals surface area contributed by atoms with E-state index in [9.17, 15) is 4.79 Å². The highest BCUT2D eigenvalue weighted by Crippen LogP contribution is 2.40. The third kappa shape index (κ3) is 5.95. The Kier molecular flexibility index (Phi) is 7.67. The summed E-state index contributed by atoms with van der Waals surface area (Å²) in [7, 11) is 1.68. The molecule has 0 saturated heterocycles. The Morgan fingerprint density at radius 2 is 1.86 bits per heavy atom. The van der Waals surface area contributed by atoms with E-state index in [-0.39, 0.29) is 12.0 Å². The summed E-state index contributed by atoms with van der Waals surface area (Å²) >= 11 is 0. The van der Waals surface area contributed by atoms with Gasteiger partial charge in [-0.05, 0) is 49.9 Å². The van der Waals surface area contributed by atoms with Crippen molar-refractivity contribution >= 4 is 5.97 Å². The molecule has 1 aliphatic rings. The Hall–Kier alpha value is -0.610. The van der Waals surface area contributed by atoms with Gasteiger partial charge in [-0.15, -0.1) is 0 Å². The van der Waals surface area contributed by atoms with E-state index in [2.05, 4.69) is 26.1 Å². The predicted molar refractivity (Wildman–Crippen MR) is 85.2 cm³/mol. The number of nitrogens with one attached hydrogen (secondary N) is 1. The summed E-state index contributed by atoms with van der Waals surface area (Å²) in [5.74, 6) is 1.04. The molecular formula is C17H33NO3. The van der Waals surface area contributed by atoms with E-state index in [1.54, 1.807) is 7.11 Å². The molecule has 1 aliphatic carbocycles. The van der Waals surface area contributed by atoms with Gasteiger partial charge in [-0.3, -0.25) is 4.79 Å². The van der Waals surface area contributed by atoms with Gasteiger partial charge in [-0.1, -0.05) is 20.8 Å². The smallest absolute Gasteiger partial charge is 0.323 e. The first kappa shape index (κ1) is 18.4. The lowest BCUT2D eigenvalue weighted by Crippen LogP contribution is -2.46. The Morgan fingerprint density at radius 3 is 2.33 bits per heavy atom. The molecule has 0 aliphatic heterocycles. The molecule has 0 aromatic rings. The second kappa shape index (κ2) is 8.74. The molecule has 1 rings (SSSR count). The van der Waals surface area contributed by atoms with Crippen LogP contribution in [0.25, 0.3) is 0 Å². The first-order valence-electron chi connectivity index (χ1n) is 8.29. The fourth-order valence-corrected chi connectivity index (χ4v) is 3.31. The maximum atomic E-state index is 12.2. The quantitative estimate of drug-likeness (QED) is 0.580. The monoisotopic (exact) mass is 299 g/mol. The normalized spacial score (nSPS) is 24.6. The van der Waals surface area contributed by atoms with Crippen LogP contribution in [0.1, 0.15) is 53.4 Å².